The van der Waals surface area contributed by atoms with Crippen LogP contribution in [0, 0.1) is 11.3 Å². The number of nitrogens with one attached hydrogen (secondary N) is 1. The Hall–Kier alpha value is -2.26. The average Bonchev–Trinajstić information content (AvgIpc) is 2.63. The molecule has 0 spiro atoms. The molecular formula is C17H19N5S. The highest BCUT2D eigenvalue weighted by molar-refractivity contribution is 7.98. The minimum absolute atomic E-state index is 0.486. The molecule has 118 valence electrons. The van der Waals surface area contributed by atoms with E-state index < -0.39 is 0 Å². The Kier molecular flexibility index (Phi) is 4.99. The Labute approximate surface area is 140 Å². The second-order valence-electron chi connectivity index (χ2n) is 5.44. The normalized spacial score (nSPS) is 14.3. The van der Waals surface area contributed by atoms with Crippen molar-refractivity contribution >= 4 is 29.0 Å². The molecule has 0 unspecified atom stereocenters. The predicted molar refractivity (Wildman–Crippen MR) is 94.3 cm³/mol. The van der Waals surface area contributed by atoms with Gasteiger partial charge in [0.25, 0.3) is 0 Å². The van der Waals surface area contributed by atoms with Gasteiger partial charge in [-0.25, -0.2) is 9.97 Å². The number of benzene rings is 1. The molecule has 2 aromatic rings. The summed E-state index contributed by atoms with van der Waals surface area (Å²) in [6.07, 6.45) is 7.25. The number of nitriles is 1. The fraction of sp³-hybridized carbons (Fsp3) is 0.353. The van der Waals surface area contributed by atoms with Crippen LogP contribution in [0.4, 0.5) is 17.2 Å². The van der Waals surface area contributed by atoms with Crippen LogP contribution in [-0.2, 0) is 0 Å². The second kappa shape index (κ2) is 7.34. The van der Waals surface area contributed by atoms with Crippen molar-refractivity contribution in [3.63, 3.8) is 0 Å². The molecule has 0 aliphatic carbocycles. The lowest BCUT2D eigenvalue weighted by Gasteiger charge is -2.28. The summed E-state index contributed by atoms with van der Waals surface area (Å²) >= 11 is 1.45. The van der Waals surface area contributed by atoms with Gasteiger partial charge in [-0.3, -0.25) is 0 Å². The molecule has 1 N–H and O–H groups in total. The van der Waals surface area contributed by atoms with Gasteiger partial charge in [0.15, 0.2) is 5.82 Å². The third-order valence-electron chi connectivity index (χ3n) is 3.97. The van der Waals surface area contributed by atoms with Crippen LogP contribution in [0.1, 0.15) is 24.8 Å². The van der Waals surface area contributed by atoms with Crippen LogP contribution in [0.5, 0.6) is 0 Å². The van der Waals surface area contributed by atoms with Gasteiger partial charge in [-0.1, -0.05) is 0 Å². The molecule has 3 rings (SSSR count). The molecule has 23 heavy (non-hydrogen) atoms. The van der Waals surface area contributed by atoms with Gasteiger partial charge in [0.2, 0.25) is 0 Å². The first-order valence-corrected chi connectivity index (χ1v) is 8.95. The molecule has 1 aromatic heterocycles. The lowest BCUT2D eigenvalue weighted by atomic mass is 10.1. The van der Waals surface area contributed by atoms with E-state index in [4.69, 9.17) is 0 Å². The van der Waals surface area contributed by atoms with E-state index in [1.165, 1.54) is 43.0 Å². The van der Waals surface area contributed by atoms with Crippen molar-refractivity contribution in [1.29, 1.82) is 5.26 Å². The highest BCUT2D eigenvalue weighted by atomic mass is 32.2. The number of piperidine rings is 1. The molecule has 5 nitrogen and oxygen atoms in total. The predicted octanol–water partition coefficient (Wildman–Crippen LogP) is 3.80. The van der Waals surface area contributed by atoms with Crippen molar-refractivity contribution in [3.05, 3.63) is 36.2 Å². The zero-order valence-electron chi connectivity index (χ0n) is 13.1. The standard InChI is InChI=1S/C17H19N5S/c1-23-17-15(11-18)16(19-12-20-17)21-13-5-7-14(8-6-13)22-9-3-2-4-10-22/h5-8,12H,2-4,9-10H2,1H3,(H,19,20,21). The molecular weight excluding hydrogens is 306 g/mol. The fourth-order valence-corrected chi connectivity index (χ4v) is 3.26. The van der Waals surface area contributed by atoms with Crippen molar-refractivity contribution in [2.45, 2.75) is 24.3 Å². The molecule has 1 saturated heterocycles. The summed E-state index contributed by atoms with van der Waals surface area (Å²) in [5.74, 6) is 0.553. The summed E-state index contributed by atoms with van der Waals surface area (Å²) in [5.41, 5.74) is 2.66. The van der Waals surface area contributed by atoms with E-state index in [1.54, 1.807) is 0 Å². The average molecular weight is 325 g/mol. The maximum absolute atomic E-state index is 9.33. The molecule has 1 aliphatic heterocycles. The van der Waals surface area contributed by atoms with Crippen molar-refractivity contribution in [1.82, 2.24) is 9.97 Å². The van der Waals surface area contributed by atoms with Gasteiger partial charge in [0, 0.05) is 24.5 Å². The molecule has 2 heterocycles. The van der Waals surface area contributed by atoms with E-state index in [-0.39, 0.29) is 0 Å². The Balaban J connectivity index is 1.77. The molecule has 1 aromatic carbocycles. The largest absolute Gasteiger partial charge is 0.372 e. The van der Waals surface area contributed by atoms with Crippen molar-refractivity contribution in [2.24, 2.45) is 0 Å². The van der Waals surface area contributed by atoms with Crippen LogP contribution in [0.25, 0.3) is 0 Å². The molecule has 0 amide bonds. The zero-order valence-corrected chi connectivity index (χ0v) is 13.9. The van der Waals surface area contributed by atoms with Gasteiger partial charge >= 0.3 is 0 Å². The summed E-state index contributed by atoms with van der Waals surface area (Å²) in [7, 11) is 0. The summed E-state index contributed by atoms with van der Waals surface area (Å²) in [5, 5.41) is 13.2. The lowest BCUT2D eigenvalue weighted by Crippen LogP contribution is -2.29. The minimum Gasteiger partial charge on any atom is -0.372 e. The topological polar surface area (TPSA) is 64.8 Å². The van der Waals surface area contributed by atoms with E-state index >= 15 is 0 Å². The van der Waals surface area contributed by atoms with Crippen LogP contribution >= 0.6 is 11.8 Å². The number of anilines is 3. The van der Waals surface area contributed by atoms with E-state index in [9.17, 15) is 5.26 Å². The fourth-order valence-electron chi connectivity index (χ4n) is 2.76. The third kappa shape index (κ3) is 3.57. The lowest BCUT2D eigenvalue weighted by molar-refractivity contribution is 0.578. The van der Waals surface area contributed by atoms with Crippen LogP contribution in [0.3, 0.4) is 0 Å². The van der Waals surface area contributed by atoms with Gasteiger partial charge in [0.05, 0.1) is 0 Å². The van der Waals surface area contributed by atoms with Gasteiger partial charge in [-0.15, -0.1) is 11.8 Å². The summed E-state index contributed by atoms with van der Waals surface area (Å²) in [4.78, 5) is 10.7. The Morgan fingerprint density at radius 2 is 1.87 bits per heavy atom. The van der Waals surface area contributed by atoms with E-state index in [1.807, 2.05) is 18.4 Å². The molecule has 0 atom stereocenters. The van der Waals surface area contributed by atoms with Gasteiger partial charge < -0.3 is 10.2 Å². The highest BCUT2D eigenvalue weighted by Gasteiger charge is 2.12. The van der Waals surface area contributed by atoms with E-state index in [2.05, 4.69) is 38.4 Å². The molecule has 0 saturated carbocycles. The Morgan fingerprint density at radius 1 is 1.13 bits per heavy atom. The SMILES string of the molecule is CSc1ncnc(Nc2ccc(N3CCCCC3)cc2)c1C#N. The number of thioether (sulfide) groups is 1. The second-order valence-corrected chi connectivity index (χ2v) is 6.23. The monoisotopic (exact) mass is 325 g/mol. The Bertz CT molecular complexity index is 702. The Morgan fingerprint density at radius 3 is 2.52 bits per heavy atom. The van der Waals surface area contributed by atoms with Gasteiger partial charge in [-0.05, 0) is 49.8 Å². The van der Waals surface area contributed by atoms with Gasteiger partial charge in [0.1, 0.15) is 23.0 Å². The van der Waals surface area contributed by atoms with Gasteiger partial charge in [-0.2, -0.15) is 5.26 Å². The number of hydrogen-bond acceptors (Lipinski definition) is 6. The van der Waals surface area contributed by atoms with E-state index in [0.29, 0.717) is 16.4 Å². The maximum atomic E-state index is 9.33. The number of aromatic nitrogens is 2. The van der Waals surface area contributed by atoms with Crippen LogP contribution < -0.4 is 10.2 Å². The molecule has 0 radical (unpaired) electrons. The first-order chi connectivity index (χ1) is 11.3. The quantitative estimate of drug-likeness (QED) is 0.681. The summed E-state index contributed by atoms with van der Waals surface area (Å²) in [6.45, 7) is 2.27. The first-order valence-electron chi connectivity index (χ1n) is 7.73. The smallest absolute Gasteiger partial charge is 0.152 e. The van der Waals surface area contributed by atoms with Crippen LogP contribution in [-0.4, -0.2) is 29.3 Å². The molecule has 6 heteroatoms. The van der Waals surface area contributed by atoms with Crippen LogP contribution in [0.2, 0.25) is 0 Å². The third-order valence-corrected chi connectivity index (χ3v) is 4.67. The minimum atomic E-state index is 0.486. The number of nitrogens with zero attached hydrogens (tertiary/aromatic N) is 4. The zero-order chi connectivity index (χ0) is 16.1. The first kappa shape index (κ1) is 15.6. The number of hydrogen-bond donors (Lipinski definition) is 1. The van der Waals surface area contributed by atoms with Crippen molar-refractivity contribution < 1.29 is 0 Å². The van der Waals surface area contributed by atoms with Crippen LogP contribution in [0.15, 0.2) is 35.6 Å². The molecule has 0 bridgehead atoms. The highest BCUT2D eigenvalue weighted by Crippen LogP contribution is 2.26. The van der Waals surface area contributed by atoms with Crippen molar-refractivity contribution in [3.8, 4) is 6.07 Å². The molecule has 1 fully saturated rings. The molecule has 1 aliphatic rings. The summed E-state index contributed by atoms with van der Waals surface area (Å²) in [6, 6.07) is 10.5. The van der Waals surface area contributed by atoms with Crippen molar-refractivity contribution in [2.75, 3.05) is 29.6 Å². The van der Waals surface area contributed by atoms with E-state index in [0.717, 1.165) is 18.8 Å². The number of rotatable bonds is 4. The summed E-state index contributed by atoms with van der Waals surface area (Å²) < 4.78 is 0. The maximum Gasteiger partial charge on any atom is 0.152 e.